The molecule has 1 aliphatic heterocycles. The summed E-state index contributed by atoms with van der Waals surface area (Å²) in [6.45, 7) is 7.28. The van der Waals surface area contributed by atoms with Crippen LogP contribution in [0.3, 0.4) is 0 Å². The molecule has 1 aromatic heterocycles. The zero-order valence-electron chi connectivity index (χ0n) is 16.8. The largest absolute Gasteiger partial charge is 0.368 e. The average molecular weight is 387 g/mol. The Kier molecular flexibility index (Phi) is 5.42. The molecule has 0 saturated carbocycles. The van der Waals surface area contributed by atoms with E-state index in [4.69, 9.17) is 0 Å². The number of aromatic nitrogens is 2. The van der Waals surface area contributed by atoms with Gasteiger partial charge >= 0.3 is 0 Å². The molecule has 6 nitrogen and oxygen atoms in total. The highest BCUT2D eigenvalue weighted by atomic mass is 16.2. The monoisotopic (exact) mass is 387 g/mol. The van der Waals surface area contributed by atoms with E-state index in [-0.39, 0.29) is 5.91 Å². The maximum absolute atomic E-state index is 13.0. The summed E-state index contributed by atoms with van der Waals surface area (Å²) in [5, 5.41) is 3.21. The van der Waals surface area contributed by atoms with Gasteiger partial charge in [0.2, 0.25) is 0 Å². The second kappa shape index (κ2) is 8.31. The van der Waals surface area contributed by atoms with Crippen LogP contribution in [-0.4, -0.2) is 47.0 Å². The van der Waals surface area contributed by atoms with E-state index in [0.29, 0.717) is 24.6 Å². The van der Waals surface area contributed by atoms with E-state index >= 15 is 0 Å². The first-order chi connectivity index (χ1) is 14.1. The fraction of sp³-hybridized carbons (Fsp3) is 0.261. The molecule has 6 heteroatoms. The Morgan fingerprint density at radius 1 is 0.931 bits per heavy atom. The van der Waals surface area contributed by atoms with Crippen LogP contribution in [0, 0.1) is 13.8 Å². The van der Waals surface area contributed by atoms with Crippen molar-refractivity contribution in [2.24, 2.45) is 0 Å². The first kappa shape index (κ1) is 18.9. The molecule has 3 aromatic rings. The SMILES string of the molecule is Cc1cccc(N2CCN(C(=O)c3cc(Nc4ccccc4)ncn3)CC2)c1C. The number of aryl methyl sites for hydroxylation is 1. The van der Waals surface area contributed by atoms with Crippen molar-refractivity contribution in [3.05, 3.63) is 77.7 Å². The lowest BCUT2D eigenvalue weighted by Gasteiger charge is -2.37. The summed E-state index contributed by atoms with van der Waals surface area (Å²) in [5.41, 5.74) is 5.19. The maximum atomic E-state index is 13.0. The second-order valence-corrected chi connectivity index (χ2v) is 7.28. The quantitative estimate of drug-likeness (QED) is 0.738. The van der Waals surface area contributed by atoms with Gasteiger partial charge in [0.05, 0.1) is 0 Å². The van der Waals surface area contributed by atoms with Crippen molar-refractivity contribution < 1.29 is 4.79 Å². The summed E-state index contributed by atoms with van der Waals surface area (Å²) in [4.78, 5) is 25.6. The van der Waals surface area contributed by atoms with Crippen LogP contribution < -0.4 is 10.2 Å². The topological polar surface area (TPSA) is 61.4 Å². The zero-order chi connectivity index (χ0) is 20.2. The van der Waals surface area contributed by atoms with Gasteiger partial charge < -0.3 is 15.1 Å². The minimum Gasteiger partial charge on any atom is -0.368 e. The molecule has 1 amide bonds. The fourth-order valence-electron chi connectivity index (χ4n) is 3.60. The number of anilines is 3. The van der Waals surface area contributed by atoms with Gasteiger partial charge in [0.1, 0.15) is 17.8 Å². The van der Waals surface area contributed by atoms with Crippen LogP contribution in [0.25, 0.3) is 0 Å². The van der Waals surface area contributed by atoms with Crippen LogP contribution in [0.15, 0.2) is 60.9 Å². The van der Waals surface area contributed by atoms with Crippen LogP contribution in [0.5, 0.6) is 0 Å². The lowest BCUT2D eigenvalue weighted by atomic mass is 10.1. The van der Waals surface area contributed by atoms with Crippen molar-refractivity contribution in [2.75, 3.05) is 36.4 Å². The smallest absolute Gasteiger partial charge is 0.272 e. The van der Waals surface area contributed by atoms with Crippen molar-refractivity contribution in [3.63, 3.8) is 0 Å². The molecule has 0 radical (unpaired) electrons. The number of rotatable bonds is 4. The normalized spacial score (nSPS) is 14.0. The molecule has 1 saturated heterocycles. The highest BCUT2D eigenvalue weighted by Crippen LogP contribution is 2.24. The molecule has 148 valence electrons. The number of para-hydroxylation sites is 1. The van der Waals surface area contributed by atoms with E-state index in [1.165, 1.54) is 23.1 Å². The van der Waals surface area contributed by atoms with Crippen LogP contribution in [0.2, 0.25) is 0 Å². The van der Waals surface area contributed by atoms with Gasteiger partial charge in [-0.25, -0.2) is 9.97 Å². The third-order valence-corrected chi connectivity index (χ3v) is 5.42. The average Bonchev–Trinajstić information content (AvgIpc) is 2.76. The number of piperazine rings is 1. The highest BCUT2D eigenvalue weighted by molar-refractivity contribution is 5.93. The fourth-order valence-corrected chi connectivity index (χ4v) is 3.60. The summed E-state index contributed by atoms with van der Waals surface area (Å²) in [7, 11) is 0. The number of benzene rings is 2. The van der Waals surface area contributed by atoms with E-state index in [9.17, 15) is 4.79 Å². The summed E-state index contributed by atoms with van der Waals surface area (Å²) in [6.07, 6.45) is 1.44. The van der Waals surface area contributed by atoms with Gasteiger partial charge in [-0.15, -0.1) is 0 Å². The van der Waals surface area contributed by atoms with Crippen molar-refractivity contribution in [1.29, 1.82) is 0 Å². The number of carbonyl (C=O) groups excluding carboxylic acids is 1. The van der Waals surface area contributed by atoms with Gasteiger partial charge in [-0.1, -0.05) is 30.3 Å². The summed E-state index contributed by atoms with van der Waals surface area (Å²) >= 11 is 0. The Hall–Kier alpha value is -3.41. The number of nitrogens with zero attached hydrogens (tertiary/aromatic N) is 4. The first-order valence-electron chi connectivity index (χ1n) is 9.86. The molecular weight excluding hydrogens is 362 g/mol. The third kappa shape index (κ3) is 4.21. The van der Waals surface area contributed by atoms with E-state index in [1.807, 2.05) is 35.2 Å². The molecule has 2 heterocycles. The Bertz CT molecular complexity index is 997. The zero-order valence-corrected chi connectivity index (χ0v) is 16.8. The molecule has 0 atom stereocenters. The van der Waals surface area contributed by atoms with Gasteiger partial charge in [-0.2, -0.15) is 0 Å². The standard InChI is InChI=1S/C23H25N5O/c1-17-7-6-10-21(18(17)2)27-11-13-28(14-12-27)23(29)20-15-22(25-16-24-20)26-19-8-4-3-5-9-19/h3-10,15-16H,11-14H2,1-2H3,(H,24,25,26). The van der Waals surface area contributed by atoms with Gasteiger partial charge in [-0.3, -0.25) is 4.79 Å². The second-order valence-electron chi connectivity index (χ2n) is 7.28. The summed E-state index contributed by atoms with van der Waals surface area (Å²) < 4.78 is 0. The van der Waals surface area contributed by atoms with Gasteiger partial charge in [-0.05, 0) is 43.2 Å². The Morgan fingerprint density at radius 3 is 2.45 bits per heavy atom. The molecule has 0 bridgehead atoms. The van der Waals surface area contributed by atoms with Crippen LogP contribution in [-0.2, 0) is 0 Å². The van der Waals surface area contributed by atoms with E-state index < -0.39 is 0 Å². The molecule has 1 fully saturated rings. The Labute approximate surface area is 171 Å². The number of carbonyl (C=O) groups is 1. The summed E-state index contributed by atoms with van der Waals surface area (Å²) in [6, 6.07) is 17.9. The molecular formula is C23H25N5O. The van der Waals surface area contributed by atoms with Crippen molar-refractivity contribution >= 4 is 23.1 Å². The van der Waals surface area contributed by atoms with Crippen molar-refractivity contribution in [2.45, 2.75) is 13.8 Å². The number of hydrogen-bond acceptors (Lipinski definition) is 5. The predicted molar refractivity (Wildman–Crippen MR) is 116 cm³/mol. The minimum absolute atomic E-state index is 0.0517. The molecule has 2 aromatic carbocycles. The third-order valence-electron chi connectivity index (χ3n) is 5.42. The van der Waals surface area contributed by atoms with Crippen LogP contribution in [0.4, 0.5) is 17.2 Å². The van der Waals surface area contributed by atoms with Crippen molar-refractivity contribution in [3.8, 4) is 0 Å². The number of nitrogens with one attached hydrogen (secondary N) is 1. The predicted octanol–water partition coefficient (Wildman–Crippen LogP) is 3.80. The Balaban J connectivity index is 1.42. The summed E-state index contributed by atoms with van der Waals surface area (Å²) in [5.74, 6) is 0.563. The van der Waals surface area contributed by atoms with Crippen LogP contribution in [0.1, 0.15) is 21.6 Å². The first-order valence-corrected chi connectivity index (χ1v) is 9.86. The number of amides is 1. The van der Waals surface area contributed by atoms with Gasteiger partial charge in [0.25, 0.3) is 5.91 Å². The molecule has 29 heavy (non-hydrogen) atoms. The highest BCUT2D eigenvalue weighted by Gasteiger charge is 2.24. The molecule has 4 rings (SSSR count). The molecule has 1 N–H and O–H groups in total. The lowest BCUT2D eigenvalue weighted by Crippen LogP contribution is -2.49. The van der Waals surface area contributed by atoms with Gasteiger partial charge in [0, 0.05) is 43.6 Å². The molecule has 1 aliphatic rings. The minimum atomic E-state index is -0.0517. The Morgan fingerprint density at radius 2 is 1.69 bits per heavy atom. The number of hydrogen-bond donors (Lipinski definition) is 1. The molecule has 0 unspecified atom stereocenters. The van der Waals surface area contributed by atoms with E-state index in [1.54, 1.807) is 6.07 Å². The van der Waals surface area contributed by atoms with Crippen molar-refractivity contribution in [1.82, 2.24) is 14.9 Å². The lowest BCUT2D eigenvalue weighted by molar-refractivity contribution is 0.0740. The van der Waals surface area contributed by atoms with E-state index in [0.717, 1.165) is 18.8 Å². The van der Waals surface area contributed by atoms with Crippen LogP contribution >= 0.6 is 0 Å². The van der Waals surface area contributed by atoms with E-state index in [2.05, 4.69) is 52.2 Å². The molecule has 0 aliphatic carbocycles. The van der Waals surface area contributed by atoms with Gasteiger partial charge in [0.15, 0.2) is 0 Å². The molecule has 0 spiro atoms. The maximum Gasteiger partial charge on any atom is 0.272 e.